The van der Waals surface area contributed by atoms with Gasteiger partial charge in [0.05, 0.1) is 0 Å². The van der Waals surface area contributed by atoms with E-state index in [1.54, 1.807) is 25.7 Å². The van der Waals surface area contributed by atoms with Crippen molar-refractivity contribution in [3.05, 3.63) is 4.91 Å². The van der Waals surface area contributed by atoms with E-state index in [1.165, 1.54) is 43.9 Å². The van der Waals surface area contributed by atoms with Gasteiger partial charge in [-0.3, -0.25) is 0 Å². The average Bonchev–Trinajstić information content (AvgIpc) is 2.32. The van der Waals surface area contributed by atoms with Crippen molar-refractivity contribution in [2.75, 3.05) is 0 Å². The summed E-state index contributed by atoms with van der Waals surface area (Å²) in [6.07, 6.45) is 15.4. The van der Waals surface area contributed by atoms with E-state index >= 15 is 0 Å². The minimum atomic E-state index is 1.14. The van der Waals surface area contributed by atoms with Gasteiger partial charge in [0.25, 0.3) is 0 Å². The second-order valence-electron chi connectivity index (χ2n) is 4.88. The molecule has 0 radical (unpaired) electrons. The van der Waals surface area contributed by atoms with Crippen LogP contribution in [0.3, 0.4) is 0 Å². The molecule has 0 heterocycles. The monoisotopic (exact) mass is 213 g/mol. The highest BCUT2D eigenvalue weighted by molar-refractivity contribution is 4.76. The Morgan fingerprint density at radius 3 is 1.27 bits per heavy atom. The molecule has 3 nitrogen and oxygen atoms in total. The molecule has 0 aromatic heterocycles. The minimum absolute atomic E-state index is 1.14. The molecular formula is C12H23NO2. The third-order valence-corrected chi connectivity index (χ3v) is 3.97. The van der Waals surface area contributed by atoms with Gasteiger partial charge in [-0.25, -0.2) is 0 Å². The Labute approximate surface area is 92.2 Å². The summed E-state index contributed by atoms with van der Waals surface area (Å²) in [6.45, 7) is 0. The molecule has 2 saturated carbocycles. The molecule has 0 atom stereocenters. The Morgan fingerprint density at radius 1 is 0.733 bits per heavy atom. The standard InChI is InChI=1S/C12H22.HNO2/c1-3-7-11(8-4-1)12-9-5-2-6-10-12;2-1-3/h11-12H,1-10H2;(H,2,3). The molecular weight excluding hydrogens is 190 g/mol. The number of nitrogens with zero attached hydrogens (tertiary/aromatic N) is 1. The lowest BCUT2D eigenvalue weighted by molar-refractivity contribution is 0.196. The van der Waals surface area contributed by atoms with Crippen LogP contribution in [0, 0.1) is 16.7 Å². The van der Waals surface area contributed by atoms with Crippen molar-refractivity contribution in [2.45, 2.75) is 64.2 Å². The Morgan fingerprint density at radius 2 is 1.00 bits per heavy atom. The molecule has 0 aliphatic heterocycles. The minimum Gasteiger partial charge on any atom is -0.379 e. The fraction of sp³-hybridized carbons (Fsp3) is 1.00. The lowest BCUT2D eigenvalue weighted by Crippen LogP contribution is -2.20. The van der Waals surface area contributed by atoms with Crippen LogP contribution >= 0.6 is 0 Å². The number of hydrogen-bond acceptors (Lipinski definition) is 2. The summed E-state index contributed by atoms with van der Waals surface area (Å²) in [4.78, 5) is 8.11. The second-order valence-corrected chi connectivity index (χ2v) is 4.88. The largest absolute Gasteiger partial charge is 0.379 e. The topological polar surface area (TPSA) is 49.7 Å². The van der Waals surface area contributed by atoms with Gasteiger partial charge in [-0.05, 0) is 11.8 Å². The van der Waals surface area contributed by atoms with Gasteiger partial charge in [0.1, 0.15) is 0 Å². The van der Waals surface area contributed by atoms with Crippen molar-refractivity contribution >= 4 is 0 Å². The normalized spacial score (nSPS) is 24.0. The highest BCUT2D eigenvalue weighted by atomic mass is 16.6. The fourth-order valence-corrected chi connectivity index (χ4v) is 3.21. The summed E-state index contributed by atoms with van der Waals surface area (Å²) in [6, 6.07) is 0. The van der Waals surface area contributed by atoms with E-state index in [4.69, 9.17) is 10.1 Å². The molecule has 1 N–H and O–H groups in total. The molecule has 2 aliphatic rings. The molecule has 0 unspecified atom stereocenters. The van der Waals surface area contributed by atoms with Gasteiger partial charge in [0.2, 0.25) is 0 Å². The van der Waals surface area contributed by atoms with Crippen LogP contribution in [0.5, 0.6) is 0 Å². The van der Waals surface area contributed by atoms with Crippen LogP contribution in [-0.2, 0) is 0 Å². The Kier molecular flexibility index (Phi) is 6.37. The van der Waals surface area contributed by atoms with E-state index in [2.05, 4.69) is 0 Å². The number of hydrogen-bond donors (Lipinski definition) is 1. The SMILES string of the molecule is C1CCC(C2CCCCC2)CC1.O=NO. The van der Waals surface area contributed by atoms with E-state index < -0.39 is 0 Å². The van der Waals surface area contributed by atoms with Crippen LogP contribution in [0.15, 0.2) is 5.34 Å². The van der Waals surface area contributed by atoms with Crippen LogP contribution in [0.25, 0.3) is 0 Å². The zero-order valence-electron chi connectivity index (χ0n) is 9.53. The van der Waals surface area contributed by atoms with Gasteiger partial charge < -0.3 is 5.21 Å². The molecule has 3 heteroatoms. The van der Waals surface area contributed by atoms with Crippen LogP contribution in [0.1, 0.15) is 64.2 Å². The summed E-state index contributed by atoms with van der Waals surface area (Å²) in [7, 11) is 0. The summed E-state index contributed by atoms with van der Waals surface area (Å²) in [5.41, 5.74) is 0. The van der Waals surface area contributed by atoms with Gasteiger partial charge in [0, 0.05) is 0 Å². The maximum absolute atomic E-state index is 8.11. The zero-order chi connectivity index (χ0) is 10.9. The van der Waals surface area contributed by atoms with E-state index in [9.17, 15) is 0 Å². The average molecular weight is 213 g/mol. The fourth-order valence-electron chi connectivity index (χ4n) is 3.21. The molecule has 0 spiro atoms. The summed E-state index contributed by atoms with van der Waals surface area (Å²) < 4.78 is 0. The summed E-state index contributed by atoms with van der Waals surface area (Å²) >= 11 is 0. The van der Waals surface area contributed by atoms with Crippen molar-refractivity contribution in [2.24, 2.45) is 17.2 Å². The number of rotatable bonds is 1. The van der Waals surface area contributed by atoms with Gasteiger partial charge in [-0.1, -0.05) is 64.2 Å². The van der Waals surface area contributed by atoms with E-state index in [-0.39, 0.29) is 0 Å². The zero-order valence-corrected chi connectivity index (χ0v) is 9.53. The van der Waals surface area contributed by atoms with Gasteiger partial charge in [-0.2, -0.15) is 0 Å². The molecule has 2 aliphatic carbocycles. The van der Waals surface area contributed by atoms with Gasteiger partial charge in [0.15, 0.2) is 5.34 Å². The Bertz CT molecular complexity index is 145. The Hall–Kier alpha value is -0.600. The quantitative estimate of drug-likeness (QED) is 0.521. The van der Waals surface area contributed by atoms with Crippen LogP contribution in [0.4, 0.5) is 0 Å². The van der Waals surface area contributed by atoms with E-state index in [1.807, 2.05) is 0 Å². The van der Waals surface area contributed by atoms with Crippen LogP contribution < -0.4 is 0 Å². The molecule has 0 saturated heterocycles. The lowest BCUT2D eigenvalue weighted by Gasteiger charge is -2.32. The molecule has 15 heavy (non-hydrogen) atoms. The molecule has 2 fully saturated rings. The first kappa shape index (κ1) is 12.5. The Balaban J connectivity index is 0.000000337. The highest BCUT2D eigenvalue weighted by Crippen LogP contribution is 2.37. The van der Waals surface area contributed by atoms with Crippen molar-refractivity contribution in [1.82, 2.24) is 0 Å². The summed E-state index contributed by atoms with van der Waals surface area (Å²) in [5.74, 6) is 2.28. The molecule has 0 aromatic carbocycles. The first-order valence-electron chi connectivity index (χ1n) is 6.35. The van der Waals surface area contributed by atoms with E-state index in [0.717, 1.165) is 11.8 Å². The second kappa shape index (κ2) is 7.66. The first-order valence-corrected chi connectivity index (χ1v) is 6.35. The smallest absolute Gasteiger partial charge is 0.152 e. The predicted molar refractivity (Wildman–Crippen MR) is 60.7 cm³/mol. The third-order valence-electron chi connectivity index (χ3n) is 3.97. The van der Waals surface area contributed by atoms with Crippen molar-refractivity contribution in [3.63, 3.8) is 0 Å². The molecule has 88 valence electrons. The van der Waals surface area contributed by atoms with Crippen LogP contribution in [-0.4, -0.2) is 5.21 Å². The van der Waals surface area contributed by atoms with Crippen molar-refractivity contribution < 1.29 is 5.21 Å². The van der Waals surface area contributed by atoms with Crippen LogP contribution in [0.2, 0.25) is 0 Å². The maximum atomic E-state index is 8.11. The van der Waals surface area contributed by atoms with Crippen molar-refractivity contribution in [1.29, 1.82) is 0 Å². The molecule has 0 bridgehead atoms. The van der Waals surface area contributed by atoms with Crippen molar-refractivity contribution in [3.8, 4) is 0 Å². The summed E-state index contributed by atoms with van der Waals surface area (Å²) in [5, 5.41) is 7.89. The maximum Gasteiger partial charge on any atom is 0.152 e. The molecule has 0 amide bonds. The highest BCUT2D eigenvalue weighted by Gasteiger charge is 2.24. The first-order chi connectivity index (χ1) is 7.38. The molecule has 2 rings (SSSR count). The predicted octanol–water partition coefficient (Wildman–Crippen LogP) is 4.29. The third kappa shape index (κ3) is 4.63. The lowest BCUT2D eigenvalue weighted by atomic mass is 9.73. The van der Waals surface area contributed by atoms with Gasteiger partial charge >= 0.3 is 0 Å². The van der Waals surface area contributed by atoms with Gasteiger partial charge in [-0.15, -0.1) is 4.91 Å². The van der Waals surface area contributed by atoms with E-state index in [0.29, 0.717) is 0 Å². The molecule has 0 aromatic rings.